The number of nitro groups is 1. The molecule has 0 N–H and O–H groups in total. The first-order chi connectivity index (χ1) is 12.4. The van der Waals surface area contributed by atoms with E-state index >= 15 is 0 Å². The van der Waals surface area contributed by atoms with Gasteiger partial charge >= 0.3 is 12.0 Å². The van der Waals surface area contributed by atoms with Crippen molar-refractivity contribution in [2.45, 2.75) is 64.2 Å². The van der Waals surface area contributed by atoms with Crippen molar-refractivity contribution in [3.8, 4) is 18.1 Å². The van der Waals surface area contributed by atoms with Crippen molar-refractivity contribution in [2.75, 3.05) is 6.61 Å². The quantitative estimate of drug-likeness (QED) is 0.216. The van der Waals surface area contributed by atoms with E-state index in [-0.39, 0.29) is 18.1 Å². The van der Waals surface area contributed by atoms with E-state index in [2.05, 4.69) is 39.8 Å². The first-order valence-electron chi connectivity index (χ1n) is 8.97. The van der Waals surface area contributed by atoms with Crippen molar-refractivity contribution in [1.82, 2.24) is 0 Å². The fraction of sp³-hybridized carbons (Fsp3) is 0.550. The van der Waals surface area contributed by atoms with Gasteiger partial charge in [0.15, 0.2) is 0 Å². The van der Waals surface area contributed by atoms with Gasteiger partial charge in [-0.25, -0.2) is 4.79 Å². The Hall–Kier alpha value is -2.33. The molecule has 0 spiro atoms. The van der Waals surface area contributed by atoms with Crippen LogP contribution in [0.15, 0.2) is 24.3 Å². The van der Waals surface area contributed by atoms with Gasteiger partial charge in [0.05, 0.1) is 12.5 Å². The lowest BCUT2D eigenvalue weighted by molar-refractivity contribution is -0.514. The van der Waals surface area contributed by atoms with Crippen molar-refractivity contribution in [3.63, 3.8) is 0 Å². The number of carbonyl (C=O) groups excluding carboxylic acids is 1. The zero-order valence-electron chi connectivity index (χ0n) is 16.9. The van der Waals surface area contributed by atoms with Crippen molar-refractivity contribution < 1.29 is 18.9 Å². The molecule has 2 atom stereocenters. The molecule has 0 aromatic heterocycles. The van der Waals surface area contributed by atoms with Crippen LogP contribution >= 0.6 is 0 Å². The Morgan fingerprint density at radius 1 is 1.30 bits per heavy atom. The highest BCUT2D eigenvalue weighted by molar-refractivity contribution is 6.74. The lowest BCUT2D eigenvalue weighted by Crippen LogP contribution is -2.43. The van der Waals surface area contributed by atoms with Gasteiger partial charge in [0.2, 0.25) is 8.32 Å². The molecule has 0 fully saturated rings. The van der Waals surface area contributed by atoms with Crippen molar-refractivity contribution in [2.24, 2.45) is 0 Å². The smallest absolute Gasteiger partial charge is 0.382 e. The molecule has 0 amide bonds. The SMILES string of the molecule is C#CCC(c1ccc(O[Si](C)(C)C(C)(C)C)cc1)C(C(=O)OCC)[N+](=O)[O-]. The average Bonchev–Trinajstić information content (AvgIpc) is 2.53. The Morgan fingerprint density at radius 3 is 2.26 bits per heavy atom. The van der Waals surface area contributed by atoms with Crippen molar-refractivity contribution in [1.29, 1.82) is 0 Å². The van der Waals surface area contributed by atoms with Gasteiger partial charge in [-0.05, 0) is 42.8 Å². The van der Waals surface area contributed by atoms with E-state index in [0.717, 1.165) is 0 Å². The molecule has 148 valence electrons. The third-order valence-corrected chi connectivity index (χ3v) is 9.32. The Labute approximate surface area is 162 Å². The monoisotopic (exact) mass is 391 g/mol. The minimum absolute atomic E-state index is 0.0539. The molecule has 1 rings (SSSR count). The molecule has 1 aromatic carbocycles. The summed E-state index contributed by atoms with van der Waals surface area (Å²) in [4.78, 5) is 22.9. The van der Waals surface area contributed by atoms with E-state index in [4.69, 9.17) is 15.6 Å². The van der Waals surface area contributed by atoms with Crippen LogP contribution in [-0.2, 0) is 9.53 Å². The molecule has 6 nitrogen and oxygen atoms in total. The largest absolute Gasteiger partial charge is 0.544 e. The number of ether oxygens (including phenoxy) is 1. The number of rotatable bonds is 8. The summed E-state index contributed by atoms with van der Waals surface area (Å²) in [5, 5.41) is 11.5. The second-order valence-corrected chi connectivity index (χ2v) is 12.7. The van der Waals surface area contributed by atoms with Gasteiger partial charge in [-0.1, -0.05) is 32.9 Å². The third-order valence-electron chi connectivity index (χ3n) is 4.96. The molecule has 0 heterocycles. The summed E-state index contributed by atoms with van der Waals surface area (Å²) >= 11 is 0. The average molecular weight is 392 g/mol. The number of terminal acetylenes is 1. The van der Waals surface area contributed by atoms with E-state index in [1.54, 1.807) is 31.2 Å². The van der Waals surface area contributed by atoms with E-state index in [1.807, 2.05) is 0 Å². The van der Waals surface area contributed by atoms with Gasteiger partial charge in [0, 0.05) is 11.3 Å². The van der Waals surface area contributed by atoms with Gasteiger partial charge in [0.25, 0.3) is 0 Å². The van der Waals surface area contributed by atoms with Crippen LogP contribution in [0.1, 0.15) is 45.6 Å². The summed E-state index contributed by atoms with van der Waals surface area (Å²) in [5.74, 6) is 1.51. The number of nitrogens with zero attached hydrogens (tertiary/aromatic N) is 1. The second kappa shape index (κ2) is 9.04. The van der Waals surface area contributed by atoms with Gasteiger partial charge < -0.3 is 9.16 Å². The third kappa shape index (κ3) is 5.83. The highest BCUT2D eigenvalue weighted by atomic mass is 28.4. The summed E-state index contributed by atoms with van der Waals surface area (Å²) in [5.41, 5.74) is 0.616. The van der Waals surface area contributed by atoms with Crippen LogP contribution in [0, 0.1) is 22.5 Å². The maximum Gasteiger partial charge on any atom is 0.382 e. The molecule has 0 saturated carbocycles. The highest BCUT2D eigenvalue weighted by Crippen LogP contribution is 2.37. The van der Waals surface area contributed by atoms with Gasteiger partial charge in [0.1, 0.15) is 5.75 Å². The Kier molecular flexibility index (Phi) is 7.61. The molecule has 0 radical (unpaired) electrons. The van der Waals surface area contributed by atoms with Crippen LogP contribution < -0.4 is 4.43 Å². The zero-order valence-corrected chi connectivity index (χ0v) is 17.9. The topological polar surface area (TPSA) is 78.7 Å². The Balaban J connectivity index is 3.15. The zero-order chi connectivity index (χ0) is 20.8. The molecule has 0 saturated heterocycles. The summed E-state index contributed by atoms with van der Waals surface area (Å²) in [7, 11) is -1.99. The van der Waals surface area contributed by atoms with Crippen LogP contribution in [0.4, 0.5) is 0 Å². The van der Waals surface area contributed by atoms with Crippen molar-refractivity contribution in [3.05, 3.63) is 39.9 Å². The van der Waals surface area contributed by atoms with E-state index in [9.17, 15) is 14.9 Å². The van der Waals surface area contributed by atoms with Crippen LogP contribution in [-0.4, -0.2) is 31.9 Å². The van der Waals surface area contributed by atoms with Crippen LogP contribution in [0.3, 0.4) is 0 Å². The van der Waals surface area contributed by atoms with Gasteiger partial charge in [-0.2, -0.15) is 0 Å². The number of esters is 1. The predicted molar refractivity (Wildman–Crippen MR) is 108 cm³/mol. The summed E-state index contributed by atoms with van der Waals surface area (Å²) in [6.07, 6.45) is 5.46. The fourth-order valence-corrected chi connectivity index (χ4v) is 3.43. The predicted octanol–water partition coefficient (Wildman–Crippen LogP) is 4.39. The molecule has 7 heteroatoms. The summed E-state index contributed by atoms with van der Waals surface area (Å²) in [6, 6.07) is 5.50. The molecule has 0 bridgehead atoms. The molecule has 0 aliphatic heterocycles. The van der Waals surface area contributed by atoms with E-state index < -0.39 is 31.2 Å². The van der Waals surface area contributed by atoms with Crippen molar-refractivity contribution >= 4 is 14.3 Å². The number of carbonyl (C=O) groups is 1. The molecule has 0 aliphatic rings. The Morgan fingerprint density at radius 2 is 1.85 bits per heavy atom. The van der Waals surface area contributed by atoms with Gasteiger partial charge in [-0.3, -0.25) is 10.1 Å². The minimum atomic E-state index is -1.99. The first kappa shape index (κ1) is 22.7. The lowest BCUT2D eigenvalue weighted by atomic mass is 9.89. The van der Waals surface area contributed by atoms with Gasteiger partial charge in [-0.15, -0.1) is 12.3 Å². The van der Waals surface area contributed by atoms with E-state index in [1.165, 1.54) is 0 Å². The molecular formula is C20H29NO5Si. The van der Waals surface area contributed by atoms with Crippen LogP contribution in [0.25, 0.3) is 0 Å². The van der Waals surface area contributed by atoms with Crippen LogP contribution in [0.2, 0.25) is 18.1 Å². The van der Waals surface area contributed by atoms with Crippen LogP contribution in [0.5, 0.6) is 5.75 Å². The highest BCUT2D eigenvalue weighted by Gasteiger charge is 2.41. The lowest BCUT2D eigenvalue weighted by Gasteiger charge is -2.36. The fourth-order valence-electron chi connectivity index (χ4n) is 2.39. The maximum atomic E-state index is 12.1. The number of hydrogen-bond donors (Lipinski definition) is 0. The molecule has 27 heavy (non-hydrogen) atoms. The number of benzene rings is 1. The molecule has 0 aliphatic carbocycles. The first-order valence-corrected chi connectivity index (χ1v) is 11.9. The summed E-state index contributed by atoms with van der Waals surface area (Å²) < 4.78 is 11.1. The number of hydrogen-bond acceptors (Lipinski definition) is 5. The Bertz CT molecular complexity index is 701. The standard InChI is InChI=1S/C20H29NO5Si/c1-8-10-17(18(21(23)24)19(22)25-9-2)15-11-13-16(14-12-15)26-27(6,7)20(3,4)5/h1,11-14,17-18H,9-10H2,2-7H3. The minimum Gasteiger partial charge on any atom is -0.544 e. The molecule has 1 aromatic rings. The molecular weight excluding hydrogens is 362 g/mol. The summed E-state index contributed by atoms with van der Waals surface area (Å²) in [6.45, 7) is 12.4. The maximum absolute atomic E-state index is 12.1. The van der Waals surface area contributed by atoms with E-state index in [0.29, 0.717) is 11.3 Å². The normalized spacial score (nSPS) is 14.0. The second-order valence-electron chi connectivity index (χ2n) is 7.93. The molecule has 2 unspecified atom stereocenters.